The summed E-state index contributed by atoms with van der Waals surface area (Å²) in [7, 11) is 0. The van der Waals surface area contributed by atoms with E-state index in [0.717, 1.165) is 0 Å². The molecule has 1 aliphatic rings. The van der Waals surface area contributed by atoms with E-state index in [-0.39, 0.29) is 11.5 Å². The molecule has 0 aromatic heterocycles. The Bertz CT molecular complexity index is 199. The van der Waals surface area contributed by atoms with Crippen molar-refractivity contribution in [3.8, 4) is 0 Å². The molecule has 0 bridgehead atoms. The Morgan fingerprint density at radius 3 is 2.44 bits per heavy atom. The molecule has 0 radical (unpaired) electrons. The van der Waals surface area contributed by atoms with Crippen LogP contribution in [-0.4, -0.2) is 10.2 Å². The summed E-state index contributed by atoms with van der Waals surface area (Å²) in [6.07, 6.45) is 3.26. The standard InChI is InChI=1S/C7H8O2/c1-5-4-6(8)2-3-7(5)9/h2-3,8-9H,1,4H2. The third-order valence-electron chi connectivity index (χ3n) is 1.19. The van der Waals surface area contributed by atoms with Crippen molar-refractivity contribution < 1.29 is 10.2 Å². The van der Waals surface area contributed by atoms with Crippen LogP contribution in [0.15, 0.2) is 35.8 Å². The third kappa shape index (κ3) is 1.13. The van der Waals surface area contributed by atoms with Gasteiger partial charge in [-0.2, -0.15) is 0 Å². The molecule has 2 heteroatoms. The summed E-state index contributed by atoms with van der Waals surface area (Å²) in [6.45, 7) is 3.53. The maximum Gasteiger partial charge on any atom is 0.118 e. The van der Waals surface area contributed by atoms with Gasteiger partial charge in [-0.15, -0.1) is 0 Å². The molecule has 1 rings (SSSR count). The molecular weight excluding hydrogens is 116 g/mol. The van der Waals surface area contributed by atoms with Crippen molar-refractivity contribution in [1.29, 1.82) is 0 Å². The molecule has 0 saturated heterocycles. The second-order valence-corrected chi connectivity index (χ2v) is 1.99. The van der Waals surface area contributed by atoms with Gasteiger partial charge in [0.05, 0.1) is 5.76 Å². The van der Waals surface area contributed by atoms with E-state index in [0.29, 0.717) is 12.0 Å². The zero-order valence-corrected chi connectivity index (χ0v) is 4.96. The lowest BCUT2D eigenvalue weighted by Crippen LogP contribution is -1.94. The highest BCUT2D eigenvalue weighted by molar-refractivity contribution is 5.33. The number of hydrogen-bond donors (Lipinski definition) is 2. The minimum atomic E-state index is 0.160. The van der Waals surface area contributed by atoms with Crippen LogP contribution in [0.3, 0.4) is 0 Å². The Morgan fingerprint density at radius 1 is 1.33 bits per heavy atom. The van der Waals surface area contributed by atoms with Gasteiger partial charge in [-0.05, 0) is 17.7 Å². The second-order valence-electron chi connectivity index (χ2n) is 1.99. The Morgan fingerprint density at radius 2 is 2.00 bits per heavy atom. The highest BCUT2D eigenvalue weighted by Gasteiger charge is 2.06. The SMILES string of the molecule is C=C1CC(O)=CC=C1O. The van der Waals surface area contributed by atoms with Crippen molar-refractivity contribution in [2.75, 3.05) is 0 Å². The molecule has 0 saturated carbocycles. The molecule has 0 amide bonds. The number of rotatable bonds is 0. The predicted molar refractivity (Wildman–Crippen MR) is 35.2 cm³/mol. The van der Waals surface area contributed by atoms with E-state index in [4.69, 9.17) is 10.2 Å². The van der Waals surface area contributed by atoms with E-state index in [1.54, 1.807) is 0 Å². The molecule has 0 fully saturated rings. The number of aliphatic hydroxyl groups excluding tert-OH is 2. The minimum absolute atomic E-state index is 0.160. The molecule has 0 spiro atoms. The van der Waals surface area contributed by atoms with Gasteiger partial charge in [0.25, 0.3) is 0 Å². The van der Waals surface area contributed by atoms with Gasteiger partial charge in [0.1, 0.15) is 5.76 Å². The van der Waals surface area contributed by atoms with E-state index < -0.39 is 0 Å². The van der Waals surface area contributed by atoms with E-state index in [2.05, 4.69) is 6.58 Å². The fraction of sp³-hybridized carbons (Fsp3) is 0.143. The summed E-state index contributed by atoms with van der Waals surface area (Å²) in [5.41, 5.74) is 0.565. The van der Waals surface area contributed by atoms with E-state index in [9.17, 15) is 0 Å². The van der Waals surface area contributed by atoms with E-state index >= 15 is 0 Å². The van der Waals surface area contributed by atoms with Crippen LogP contribution in [-0.2, 0) is 0 Å². The number of aliphatic hydroxyl groups is 2. The largest absolute Gasteiger partial charge is 0.512 e. The first-order chi connectivity index (χ1) is 4.20. The number of hydrogen-bond acceptors (Lipinski definition) is 2. The van der Waals surface area contributed by atoms with Crippen LogP contribution in [0.2, 0.25) is 0 Å². The summed E-state index contributed by atoms with van der Waals surface area (Å²) in [5, 5.41) is 17.7. The molecule has 0 aromatic rings. The van der Waals surface area contributed by atoms with Gasteiger partial charge in [-0.3, -0.25) is 0 Å². The van der Waals surface area contributed by atoms with Crippen molar-refractivity contribution in [1.82, 2.24) is 0 Å². The predicted octanol–water partition coefficient (Wildman–Crippen LogP) is 1.83. The lowest BCUT2D eigenvalue weighted by molar-refractivity contribution is 0.375. The van der Waals surface area contributed by atoms with Gasteiger partial charge in [-0.25, -0.2) is 0 Å². The van der Waals surface area contributed by atoms with Crippen LogP contribution < -0.4 is 0 Å². The monoisotopic (exact) mass is 124 g/mol. The topological polar surface area (TPSA) is 40.5 Å². The summed E-state index contributed by atoms with van der Waals surface area (Å²) in [4.78, 5) is 0. The Labute approximate surface area is 53.4 Å². The molecule has 0 heterocycles. The van der Waals surface area contributed by atoms with Gasteiger partial charge in [0.15, 0.2) is 0 Å². The molecule has 0 atom stereocenters. The van der Waals surface area contributed by atoms with Crippen LogP contribution in [0.4, 0.5) is 0 Å². The van der Waals surface area contributed by atoms with Gasteiger partial charge >= 0.3 is 0 Å². The highest BCUT2D eigenvalue weighted by atomic mass is 16.3. The first-order valence-corrected chi connectivity index (χ1v) is 2.67. The van der Waals surface area contributed by atoms with Crippen LogP contribution in [0.25, 0.3) is 0 Å². The Balaban J connectivity index is 2.86. The molecule has 0 unspecified atom stereocenters. The lowest BCUT2D eigenvalue weighted by atomic mass is 10.1. The van der Waals surface area contributed by atoms with Crippen molar-refractivity contribution in [2.45, 2.75) is 6.42 Å². The summed E-state index contributed by atoms with van der Waals surface area (Å²) in [6, 6.07) is 0. The second kappa shape index (κ2) is 1.97. The van der Waals surface area contributed by atoms with Gasteiger partial charge in [0.2, 0.25) is 0 Å². The van der Waals surface area contributed by atoms with Gasteiger partial charge < -0.3 is 10.2 Å². The molecule has 0 aromatic carbocycles. The zero-order chi connectivity index (χ0) is 6.85. The number of allylic oxidation sites excluding steroid dienone is 4. The first-order valence-electron chi connectivity index (χ1n) is 2.67. The van der Waals surface area contributed by atoms with Crippen molar-refractivity contribution >= 4 is 0 Å². The fourth-order valence-corrected chi connectivity index (χ4v) is 0.661. The van der Waals surface area contributed by atoms with Crippen LogP contribution >= 0.6 is 0 Å². The normalized spacial score (nSPS) is 18.9. The van der Waals surface area contributed by atoms with Crippen LogP contribution in [0.1, 0.15) is 6.42 Å². The molecular formula is C7H8O2. The van der Waals surface area contributed by atoms with Crippen LogP contribution in [0, 0.1) is 0 Å². The summed E-state index contributed by atoms with van der Waals surface area (Å²) >= 11 is 0. The molecule has 2 N–H and O–H groups in total. The maximum absolute atomic E-state index is 8.90. The van der Waals surface area contributed by atoms with Crippen molar-refractivity contribution in [3.05, 3.63) is 35.8 Å². The van der Waals surface area contributed by atoms with Crippen molar-refractivity contribution in [2.24, 2.45) is 0 Å². The first kappa shape index (κ1) is 5.95. The fourth-order valence-electron chi connectivity index (χ4n) is 0.661. The van der Waals surface area contributed by atoms with Gasteiger partial charge in [0, 0.05) is 6.42 Å². The highest BCUT2D eigenvalue weighted by Crippen LogP contribution is 2.18. The average molecular weight is 124 g/mol. The molecule has 2 nitrogen and oxygen atoms in total. The van der Waals surface area contributed by atoms with Crippen molar-refractivity contribution in [3.63, 3.8) is 0 Å². The Kier molecular flexibility index (Phi) is 1.30. The van der Waals surface area contributed by atoms with Gasteiger partial charge in [-0.1, -0.05) is 6.58 Å². The maximum atomic E-state index is 8.90. The smallest absolute Gasteiger partial charge is 0.118 e. The third-order valence-corrected chi connectivity index (χ3v) is 1.19. The summed E-state index contributed by atoms with van der Waals surface area (Å²) < 4.78 is 0. The summed E-state index contributed by atoms with van der Waals surface area (Å²) in [5.74, 6) is 0.408. The van der Waals surface area contributed by atoms with E-state index in [1.807, 2.05) is 0 Å². The molecule has 48 valence electrons. The zero-order valence-electron chi connectivity index (χ0n) is 4.96. The Hall–Kier alpha value is -1.18. The quantitative estimate of drug-likeness (QED) is 0.517. The lowest BCUT2D eigenvalue weighted by Gasteiger charge is -2.07. The average Bonchev–Trinajstić information content (AvgIpc) is 1.80. The molecule has 0 aliphatic heterocycles. The minimum Gasteiger partial charge on any atom is -0.512 e. The molecule has 9 heavy (non-hydrogen) atoms. The molecule has 1 aliphatic carbocycles. The van der Waals surface area contributed by atoms with Crippen LogP contribution in [0.5, 0.6) is 0 Å². The van der Waals surface area contributed by atoms with E-state index in [1.165, 1.54) is 12.2 Å².